The number of amides is 1. The predicted molar refractivity (Wildman–Crippen MR) is 71.0 cm³/mol. The van der Waals surface area contributed by atoms with Gasteiger partial charge in [-0.2, -0.15) is 0 Å². The molecule has 2 rings (SSSR count). The molecular formula is C14H26N2O2. The molecule has 0 aromatic carbocycles. The Morgan fingerprint density at radius 1 is 1.28 bits per heavy atom. The zero-order valence-electron chi connectivity index (χ0n) is 11.2. The maximum Gasteiger partial charge on any atom is 0.230 e. The number of aliphatic hydroxyl groups excluding tert-OH is 1. The fraction of sp³-hybridized carbons (Fsp3) is 0.929. The van der Waals surface area contributed by atoms with Crippen LogP contribution >= 0.6 is 0 Å². The summed E-state index contributed by atoms with van der Waals surface area (Å²) in [5.41, 5.74) is 5.64. The van der Waals surface area contributed by atoms with E-state index >= 15 is 0 Å². The van der Waals surface area contributed by atoms with Crippen molar-refractivity contribution in [3.05, 3.63) is 0 Å². The minimum atomic E-state index is -0.305. The Morgan fingerprint density at radius 3 is 2.44 bits per heavy atom. The van der Waals surface area contributed by atoms with Crippen LogP contribution in [-0.4, -0.2) is 42.2 Å². The summed E-state index contributed by atoms with van der Waals surface area (Å²) in [6.07, 6.45) is 7.54. The third kappa shape index (κ3) is 2.69. The number of aliphatic hydroxyl groups is 1. The molecule has 0 aromatic rings. The van der Waals surface area contributed by atoms with E-state index in [0.29, 0.717) is 6.54 Å². The molecule has 104 valence electrons. The van der Waals surface area contributed by atoms with Gasteiger partial charge in [-0.25, -0.2) is 0 Å². The Balaban J connectivity index is 2.04. The first-order valence-corrected chi connectivity index (χ1v) is 7.32. The van der Waals surface area contributed by atoms with E-state index in [-0.39, 0.29) is 23.8 Å². The molecule has 18 heavy (non-hydrogen) atoms. The van der Waals surface area contributed by atoms with Crippen LogP contribution in [-0.2, 0) is 4.79 Å². The van der Waals surface area contributed by atoms with Crippen molar-refractivity contribution in [1.29, 1.82) is 0 Å². The van der Waals surface area contributed by atoms with Crippen molar-refractivity contribution in [2.24, 2.45) is 17.1 Å². The van der Waals surface area contributed by atoms with Gasteiger partial charge in [0.05, 0.1) is 5.41 Å². The Morgan fingerprint density at radius 2 is 1.94 bits per heavy atom. The molecule has 2 fully saturated rings. The molecular weight excluding hydrogens is 228 g/mol. The molecule has 1 aliphatic heterocycles. The smallest absolute Gasteiger partial charge is 0.230 e. The van der Waals surface area contributed by atoms with E-state index in [1.165, 1.54) is 12.8 Å². The lowest BCUT2D eigenvalue weighted by Crippen LogP contribution is -2.47. The largest absolute Gasteiger partial charge is 0.396 e. The summed E-state index contributed by atoms with van der Waals surface area (Å²) in [5.74, 6) is 0.525. The maximum atomic E-state index is 12.7. The van der Waals surface area contributed by atoms with Crippen LogP contribution in [0.5, 0.6) is 0 Å². The van der Waals surface area contributed by atoms with Gasteiger partial charge in [0, 0.05) is 32.2 Å². The van der Waals surface area contributed by atoms with Gasteiger partial charge in [0.2, 0.25) is 5.91 Å². The van der Waals surface area contributed by atoms with Crippen LogP contribution in [0.3, 0.4) is 0 Å². The van der Waals surface area contributed by atoms with E-state index in [0.717, 1.165) is 45.2 Å². The van der Waals surface area contributed by atoms with E-state index in [9.17, 15) is 9.90 Å². The van der Waals surface area contributed by atoms with E-state index in [1.54, 1.807) is 0 Å². The lowest BCUT2D eigenvalue weighted by atomic mass is 9.79. The third-order valence-electron chi connectivity index (χ3n) is 4.74. The minimum absolute atomic E-state index is 0.194. The van der Waals surface area contributed by atoms with Crippen molar-refractivity contribution in [2.45, 2.75) is 44.9 Å². The number of hydrogen-bond donors (Lipinski definition) is 2. The molecule has 1 unspecified atom stereocenters. The average Bonchev–Trinajstić information content (AvgIpc) is 2.75. The molecule has 1 atom stereocenters. The van der Waals surface area contributed by atoms with E-state index in [4.69, 9.17) is 5.73 Å². The van der Waals surface area contributed by atoms with E-state index in [2.05, 4.69) is 0 Å². The number of carbonyl (C=O) groups excluding carboxylic acids is 1. The van der Waals surface area contributed by atoms with Crippen molar-refractivity contribution in [3.63, 3.8) is 0 Å². The molecule has 4 nitrogen and oxygen atoms in total. The van der Waals surface area contributed by atoms with Crippen molar-refractivity contribution in [3.8, 4) is 0 Å². The number of nitrogens with zero attached hydrogens (tertiary/aromatic N) is 1. The molecule has 0 radical (unpaired) electrons. The van der Waals surface area contributed by atoms with Crippen molar-refractivity contribution < 1.29 is 9.90 Å². The summed E-state index contributed by atoms with van der Waals surface area (Å²) < 4.78 is 0. The Bertz CT molecular complexity index is 286. The number of likely N-dealkylation sites (tertiary alicyclic amines) is 1. The van der Waals surface area contributed by atoms with Gasteiger partial charge < -0.3 is 15.7 Å². The van der Waals surface area contributed by atoms with Crippen molar-refractivity contribution >= 4 is 5.91 Å². The summed E-state index contributed by atoms with van der Waals surface area (Å²) in [6, 6.07) is 0. The normalized spacial score (nSPS) is 28.1. The lowest BCUT2D eigenvalue weighted by Gasteiger charge is -2.34. The summed E-state index contributed by atoms with van der Waals surface area (Å²) in [6.45, 7) is 2.19. The number of rotatable bonds is 3. The van der Waals surface area contributed by atoms with E-state index < -0.39 is 0 Å². The van der Waals surface area contributed by atoms with Crippen LogP contribution in [0.25, 0.3) is 0 Å². The van der Waals surface area contributed by atoms with Crippen LogP contribution in [0.4, 0.5) is 0 Å². The number of carbonyl (C=O) groups is 1. The van der Waals surface area contributed by atoms with Crippen LogP contribution in [0, 0.1) is 11.3 Å². The second-order valence-corrected chi connectivity index (χ2v) is 5.99. The highest BCUT2D eigenvalue weighted by atomic mass is 16.3. The molecule has 0 aromatic heterocycles. The highest BCUT2D eigenvalue weighted by Gasteiger charge is 2.41. The summed E-state index contributed by atoms with van der Waals surface area (Å²) in [7, 11) is 0. The van der Waals surface area contributed by atoms with Crippen molar-refractivity contribution in [1.82, 2.24) is 4.90 Å². The SMILES string of the molecule is NCC1(C(=O)N2CCC(CO)C2)CCCCCC1. The monoisotopic (exact) mass is 254 g/mol. The summed E-state index contributed by atoms with van der Waals surface area (Å²) >= 11 is 0. The maximum absolute atomic E-state index is 12.7. The zero-order valence-corrected chi connectivity index (χ0v) is 11.2. The molecule has 4 heteroatoms. The van der Waals surface area contributed by atoms with Gasteiger partial charge in [-0.05, 0) is 19.3 Å². The molecule has 1 amide bonds. The predicted octanol–water partition coefficient (Wildman–Crippen LogP) is 1.13. The first-order chi connectivity index (χ1) is 8.72. The van der Waals surface area contributed by atoms with Crippen LogP contribution in [0.1, 0.15) is 44.9 Å². The van der Waals surface area contributed by atoms with Crippen molar-refractivity contribution in [2.75, 3.05) is 26.2 Å². The van der Waals surface area contributed by atoms with Gasteiger partial charge in [-0.3, -0.25) is 4.79 Å². The van der Waals surface area contributed by atoms with E-state index in [1.807, 2.05) is 4.90 Å². The fourth-order valence-electron chi connectivity index (χ4n) is 3.41. The molecule has 0 bridgehead atoms. The second-order valence-electron chi connectivity index (χ2n) is 5.99. The Hall–Kier alpha value is -0.610. The quantitative estimate of drug-likeness (QED) is 0.742. The van der Waals surface area contributed by atoms with Gasteiger partial charge in [-0.15, -0.1) is 0 Å². The second kappa shape index (κ2) is 6.02. The summed E-state index contributed by atoms with van der Waals surface area (Å²) in [4.78, 5) is 14.7. The average molecular weight is 254 g/mol. The van der Waals surface area contributed by atoms with Gasteiger partial charge in [0.1, 0.15) is 0 Å². The molecule has 3 N–H and O–H groups in total. The van der Waals surface area contributed by atoms with Crippen LogP contribution < -0.4 is 5.73 Å². The first kappa shape index (κ1) is 13.8. The molecule has 2 aliphatic rings. The standard InChI is InChI=1S/C14H26N2O2/c15-11-14(6-3-1-2-4-7-14)13(18)16-8-5-12(9-16)10-17/h12,17H,1-11,15H2. The highest BCUT2D eigenvalue weighted by Crippen LogP contribution is 2.37. The minimum Gasteiger partial charge on any atom is -0.396 e. The van der Waals surface area contributed by atoms with Gasteiger partial charge >= 0.3 is 0 Å². The van der Waals surface area contributed by atoms with Crippen LogP contribution in [0.15, 0.2) is 0 Å². The first-order valence-electron chi connectivity index (χ1n) is 7.32. The Kier molecular flexibility index (Phi) is 4.62. The molecule has 1 heterocycles. The molecule has 1 saturated heterocycles. The highest BCUT2D eigenvalue weighted by molar-refractivity contribution is 5.83. The lowest BCUT2D eigenvalue weighted by molar-refractivity contribution is -0.141. The van der Waals surface area contributed by atoms with Gasteiger partial charge in [0.15, 0.2) is 0 Å². The molecule has 1 saturated carbocycles. The topological polar surface area (TPSA) is 66.6 Å². The van der Waals surface area contributed by atoms with Gasteiger partial charge in [-0.1, -0.05) is 25.7 Å². The zero-order chi connectivity index (χ0) is 13.0. The molecule has 0 spiro atoms. The van der Waals surface area contributed by atoms with Gasteiger partial charge in [0.25, 0.3) is 0 Å². The summed E-state index contributed by atoms with van der Waals surface area (Å²) in [5, 5.41) is 9.18. The Labute approximate surface area is 110 Å². The number of hydrogen-bond acceptors (Lipinski definition) is 3. The third-order valence-corrected chi connectivity index (χ3v) is 4.74. The number of nitrogens with two attached hydrogens (primary N) is 1. The fourth-order valence-corrected chi connectivity index (χ4v) is 3.41. The molecule has 1 aliphatic carbocycles. The van der Waals surface area contributed by atoms with Crippen LogP contribution in [0.2, 0.25) is 0 Å².